The molecule has 1 amide bonds. The Hall–Kier alpha value is -1.49. The second-order valence-electron chi connectivity index (χ2n) is 6.67. The van der Waals surface area contributed by atoms with E-state index in [1.807, 2.05) is 19.9 Å². The molecule has 1 saturated heterocycles. The molecular formula is C18H26Cl2N4O4S-2. The van der Waals surface area contributed by atoms with Gasteiger partial charge in [0, 0.05) is 48.8 Å². The molecule has 1 fully saturated rings. The number of carbonyl (C=O) groups is 1. The minimum absolute atomic E-state index is 0. The third kappa shape index (κ3) is 5.36. The Morgan fingerprint density at radius 1 is 1.24 bits per heavy atom. The molecule has 1 aromatic heterocycles. The van der Waals surface area contributed by atoms with E-state index in [1.165, 1.54) is 4.31 Å². The molecule has 2 aromatic rings. The zero-order chi connectivity index (χ0) is 18.9. The molecule has 1 atom stereocenters. The molecule has 8 nitrogen and oxygen atoms in total. The molecule has 2 heterocycles. The molecule has 1 aliphatic rings. The first-order valence-electron chi connectivity index (χ1n) is 8.69. The van der Waals surface area contributed by atoms with Gasteiger partial charge in [-0.3, -0.25) is 9.78 Å². The van der Waals surface area contributed by atoms with Crippen LogP contribution in [0.15, 0.2) is 35.5 Å². The van der Waals surface area contributed by atoms with Gasteiger partial charge in [0.25, 0.3) is 0 Å². The van der Waals surface area contributed by atoms with Crippen LogP contribution in [0.5, 0.6) is 0 Å². The summed E-state index contributed by atoms with van der Waals surface area (Å²) < 4.78 is 28.4. The van der Waals surface area contributed by atoms with Gasteiger partial charge in [-0.1, -0.05) is 12.1 Å². The van der Waals surface area contributed by atoms with Crippen LogP contribution in [0.3, 0.4) is 0 Å². The second kappa shape index (κ2) is 11.1. The molecule has 0 radical (unpaired) electrons. The summed E-state index contributed by atoms with van der Waals surface area (Å²) in [6, 6.07) is 4.92. The lowest BCUT2D eigenvalue weighted by Crippen LogP contribution is -3.00. The van der Waals surface area contributed by atoms with Crippen LogP contribution < -0.4 is 30.5 Å². The Labute approximate surface area is 183 Å². The van der Waals surface area contributed by atoms with Crippen molar-refractivity contribution in [3.63, 3.8) is 0 Å². The number of benzene rings is 1. The van der Waals surface area contributed by atoms with Crippen LogP contribution in [0.25, 0.3) is 10.8 Å². The predicted molar refractivity (Wildman–Crippen MR) is 104 cm³/mol. The van der Waals surface area contributed by atoms with Crippen LogP contribution in [0.1, 0.15) is 18.9 Å². The number of hydrogen-bond donors (Lipinski definition) is 1. The number of nitrogens with zero attached hydrogens (tertiary/aromatic N) is 3. The molecule has 0 spiro atoms. The Balaban J connectivity index is 0.00000261. The Bertz CT molecular complexity index is 937. The fourth-order valence-corrected chi connectivity index (χ4v) is 5.51. The maximum Gasteiger partial charge on any atom is 0.244 e. The fraction of sp³-hybridized carbons (Fsp3) is 0.444. The summed E-state index contributed by atoms with van der Waals surface area (Å²) in [7, 11) is -3.70. The standard InChI is InChI=1S/C18H24N4O3S.2ClH.H2O/c1-13-10-20-11-15-5-3-6-16(18(13)15)26(24,25)22-8-4-7-21(12-14(22)2)17(23)9-19;;;/h3,5-6,10-11,14H,4,7-9,12,19H2,1-2H3;2*1H;1H2/p-2/t14-;;;/m1.../s1. The van der Waals surface area contributed by atoms with Crippen molar-refractivity contribution in [1.82, 2.24) is 14.2 Å². The van der Waals surface area contributed by atoms with Gasteiger partial charge in [-0.05, 0) is 31.9 Å². The third-order valence-corrected chi connectivity index (χ3v) is 6.89. The van der Waals surface area contributed by atoms with Gasteiger partial charge in [-0.15, -0.1) is 0 Å². The SMILES string of the molecule is Cc1cncc2cccc(S(=O)(=O)N3CCCN(C(=O)CN)C[C@H]3C)c12.O.[Cl-].[Cl-]. The van der Waals surface area contributed by atoms with Crippen LogP contribution in [0.2, 0.25) is 0 Å². The number of aryl methyl sites for hydroxylation is 1. The fourth-order valence-electron chi connectivity index (χ4n) is 3.56. The second-order valence-corrected chi connectivity index (χ2v) is 8.53. The average Bonchev–Trinajstić information content (AvgIpc) is 2.83. The zero-order valence-corrected chi connectivity index (χ0v) is 18.6. The number of amides is 1. The Morgan fingerprint density at radius 2 is 1.93 bits per heavy atom. The number of pyridine rings is 1. The van der Waals surface area contributed by atoms with Crippen molar-refractivity contribution in [3.8, 4) is 0 Å². The summed E-state index contributed by atoms with van der Waals surface area (Å²) in [5.41, 5.74) is 6.28. The summed E-state index contributed by atoms with van der Waals surface area (Å²) >= 11 is 0. The summed E-state index contributed by atoms with van der Waals surface area (Å²) in [5, 5.41) is 1.50. The molecule has 3 rings (SSSR count). The van der Waals surface area contributed by atoms with E-state index in [0.717, 1.165) is 10.9 Å². The number of halogens is 2. The quantitative estimate of drug-likeness (QED) is 0.483. The molecule has 1 aromatic carbocycles. The first kappa shape index (κ1) is 27.5. The van der Waals surface area contributed by atoms with Crippen molar-refractivity contribution in [2.45, 2.75) is 31.2 Å². The molecule has 4 N–H and O–H groups in total. The minimum Gasteiger partial charge on any atom is -1.00 e. The van der Waals surface area contributed by atoms with E-state index in [2.05, 4.69) is 4.98 Å². The largest absolute Gasteiger partial charge is 1.00 e. The number of rotatable bonds is 3. The molecule has 29 heavy (non-hydrogen) atoms. The van der Waals surface area contributed by atoms with Crippen molar-refractivity contribution >= 4 is 26.7 Å². The molecule has 0 aliphatic carbocycles. The number of fused-ring (bicyclic) bond motifs is 1. The van der Waals surface area contributed by atoms with E-state index in [4.69, 9.17) is 5.73 Å². The lowest BCUT2D eigenvalue weighted by atomic mass is 10.1. The summed E-state index contributed by atoms with van der Waals surface area (Å²) in [6.45, 7) is 4.87. The van der Waals surface area contributed by atoms with Crippen molar-refractivity contribution in [1.29, 1.82) is 0 Å². The zero-order valence-electron chi connectivity index (χ0n) is 16.3. The average molecular weight is 465 g/mol. The van der Waals surface area contributed by atoms with Gasteiger partial charge in [-0.25, -0.2) is 8.42 Å². The van der Waals surface area contributed by atoms with Gasteiger partial charge in [0.1, 0.15) is 0 Å². The van der Waals surface area contributed by atoms with E-state index < -0.39 is 10.0 Å². The van der Waals surface area contributed by atoms with Crippen LogP contribution >= 0.6 is 0 Å². The summed E-state index contributed by atoms with van der Waals surface area (Å²) in [5.74, 6) is -0.150. The van der Waals surface area contributed by atoms with Crippen LogP contribution in [0, 0.1) is 6.92 Å². The molecule has 11 heteroatoms. The highest BCUT2D eigenvalue weighted by molar-refractivity contribution is 7.89. The van der Waals surface area contributed by atoms with Gasteiger partial charge in [0.15, 0.2) is 0 Å². The Kier molecular flexibility index (Phi) is 10.5. The highest BCUT2D eigenvalue weighted by Gasteiger charge is 2.34. The minimum atomic E-state index is -3.70. The molecular weight excluding hydrogens is 439 g/mol. The molecule has 0 saturated carbocycles. The summed E-state index contributed by atoms with van der Waals surface area (Å²) in [6.07, 6.45) is 3.93. The van der Waals surface area contributed by atoms with Crippen molar-refractivity contribution in [2.24, 2.45) is 5.73 Å². The number of nitrogens with two attached hydrogens (primary N) is 1. The highest BCUT2D eigenvalue weighted by Crippen LogP contribution is 2.29. The number of carbonyl (C=O) groups excluding carboxylic acids is 1. The number of hydrogen-bond acceptors (Lipinski definition) is 5. The predicted octanol–water partition coefficient (Wildman–Crippen LogP) is -5.70. The highest BCUT2D eigenvalue weighted by atomic mass is 35.5. The normalized spacial score (nSPS) is 17.5. The smallest absolute Gasteiger partial charge is 0.244 e. The molecule has 0 bridgehead atoms. The maximum atomic E-state index is 13.4. The van der Waals surface area contributed by atoms with Gasteiger partial charge in [0.2, 0.25) is 15.9 Å². The van der Waals surface area contributed by atoms with E-state index in [0.29, 0.717) is 36.3 Å². The molecule has 1 aliphatic heterocycles. The van der Waals surface area contributed by atoms with Gasteiger partial charge < -0.3 is 40.9 Å². The summed E-state index contributed by atoms with van der Waals surface area (Å²) in [4.78, 5) is 18.0. The van der Waals surface area contributed by atoms with Crippen LogP contribution in [0.4, 0.5) is 0 Å². The van der Waals surface area contributed by atoms with E-state index in [1.54, 1.807) is 29.4 Å². The first-order chi connectivity index (χ1) is 12.4. The van der Waals surface area contributed by atoms with Crippen molar-refractivity contribution in [2.75, 3.05) is 26.2 Å². The van der Waals surface area contributed by atoms with Crippen LogP contribution in [-0.4, -0.2) is 66.2 Å². The topological polar surface area (TPSA) is 128 Å². The number of sulfonamides is 1. The van der Waals surface area contributed by atoms with Crippen molar-refractivity contribution in [3.05, 3.63) is 36.2 Å². The van der Waals surface area contributed by atoms with Gasteiger partial charge >= 0.3 is 0 Å². The van der Waals surface area contributed by atoms with E-state index in [-0.39, 0.29) is 48.8 Å². The third-order valence-electron chi connectivity index (χ3n) is 4.83. The molecule has 0 unspecified atom stereocenters. The lowest BCUT2D eigenvalue weighted by molar-refractivity contribution is -0.129. The first-order valence-corrected chi connectivity index (χ1v) is 10.1. The van der Waals surface area contributed by atoms with Gasteiger partial charge in [-0.2, -0.15) is 4.31 Å². The lowest BCUT2D eigenvalue weighted by Gasteiger charge is -2.28. The Morgan fingerprint density at radius 3 is 2.59 bits per heavy atom. The van der Waals surface area contributed by atoms with Crippen LogP contribution in [-0.2, 0) is 14.8 Å². The molecule has 164 valence electrons. The van der Waals surface area contributed by atoms with Gasteiger partial charge in [0.05, 0.1) is 11.4 Å². The monoisotopic (exact) mass is 464 g/mol. The maximum absolute atomic E-state index is 13.4. The van der Waals surface area contributed by atoms with E-state index >= 15 is 0 Å². The van der Waals surface area contributed by atoms with E-state index in [9.17, 15) is 13.2 Å². The van der Waals surface area contributed by atoms with Crippen molar-refractivity contribution < 1.29 is 43.5 Å². The number of aromatic nitrogens is 1.